The minimum atomic E-state index is -0.871. The summed E-state index contributed by atoms with van der Waals surface area (Å²) in [5.74, 6) is -0.483. The van der Waals surface area contributed by atoms with E-state index in [2.05, 4.69) is 24.1 Å². The summed E-state index contributed by atoms with van der Waals surface area (Å²) in [6.45, 7) is 21.3. The van der Waals surface area contributed by atoms with Crippen molar-refractivity contribution in [3.63, 3.8) is 0 Å². The second-order valence-electron chi connectivity index (χ2n) is 11.1. The number of alkyl carbamates (subject to hydrolysis) is 1. The number of amides is 3. The molecular formula is C29H47N3O4. The fourth-order valence-electron chi connectivity index (χ4n) is 4.04. The number of hydrogen-bond donors (Lipinski definition) is 2. The number of ether oxygens (including phenoxy) is 1. The lowest BCUT2D eigenvalue weighted by Gasteiger charge is -2.35. The Hall–Kier alpha value is -2.83. The summed E-state index contributed by atoms with van der Waals surface area (Å²) >= 11 is 0. The first-order valence-electron chi connectivity index (χ1n) is 13.0. The fourth-order valence-corrected chi connectivity index (χ4v) is 4.04. The Morgan fingerprint density at radius 3 is 2.22 bits per heavy atom. The first kappa shape index (κ1) is 31.2. The first-order valence-corrected chi connectivity index (χ1v) is 13.0. The highest BCUT2D eigenvalue weighted by Gasteiger charge is 2.36. The molecule has 1 aromatic rings. The van der Waals surface area contributed by atoms with Crippen molar-refractivity contribution < 1.29 is 19.1 Å². The maximum atomic E-state index is 14.0. The van der Waals surface area contributed by atoms with Crippen molar-refractivity contribution in [1.29, 1.82) is 0 Å². The lowest BCUT2D eigenvalue weighted by Crippen LogP contribution is -2.54. The molecule has 36 heavy (non-hydrogen) atoms. The van der Waals surface area contributed by atoms with Gasteiger partial charge in [0.25, 0.3) is 0 Å². The number of nitrogens with one attached hydrogen (secondary N) is 2. The number of rotatable bonds is 12. The highest BCUT2D eigenvalue weighted by molar-refractivity contribution is 5.92. The molecule has 0 aromatic heterocycles. The molecule has 0 fully saturated rings. The molecule has 202 valence electrons. The van der Waals surface area contributed by atoms with Crippen LogP contribution in [0.5, 0.6) is 0 Å². The lowest BCUT2D eigenvalue weighted by molar-refractivity contribution is -0.142. The second-order valence-corrected chi connectivity index (χ2v) is 11.1. The van der Waals surface area contributed by atoms with E-state index in [1.165, 1.54) is 4.90 Å². The zero-order valence-corrected chi connectivity index (χ0v) is 23.7. The minimum absolute atomic E-state index is 0.0384. The van der Waals surface area contributed by atoms with E-state index in [1.54, 1.807) is 26.8 Å². The van der Waals surface area contributed by atoms with Gasteiger partial charge in [0.05, 0.1) is 0 Å². The monoisotopic (exact) mass is 501 g/mol. The van der Waals surface area contributed by atoms with Crippen LogP contribution in [-0.4, -0.2) is 47.0 Å². The SMILES string of the molecule is C=CCN(C(=O)C(CC(C)C)NC(=O)OC(C)(C)C)C(C(=O)NC(C)CCC)c1ccc(C)c(C)c1. The molecule has 0 radical (unpaired) electrons. The van der Waals surface area contributed by atoms with E-state index in [1.807, 2.05) is 52.8 Å². The van der Waals surface area contributed by atoms with Crippen LogP contribution in [0.3, 0.4) is 0 Å². The Kier molecular flexibility index (Phi) is 12.2. The molecule has 7 heteroatoms. The zero-order chi connectivity index (χ0) is 27.6. The van der Waals surface area contributed by atoms with Gasteiger partial charge in [0, 0.05) is 12.6 Å². The van der Waals surface area contributed by atoms with Crippen molar-refractivity contribution in [2.24, 2.45) is 5.92 Å². The van der Waals surface area contributed by atoms with Crippen LogP contribution < -0.4 is 10.6 Å². The van der Waals surface area contributed by atoms with Gasteiger partial charge in [0.1, 0.15) is 17.7 Å². The quantitative estimate of drug-likeness (QED) is 0.365. The van der Waals surface area contributed by atoms with Crippen LogP contribution in [0.15, 0.2) is 30.9 Å². The largest absolute Gasteiger partial charge is 0.444 e. The third-order valence-corrected chi connectivity index (χ3v) is 5.82. The van der Waals surface area contributed by atoms with Gasteiger partial charge < -0.3 is 20.3 Å². The highest BCUT2D eigenvalue weighted by atomic mass is 16.6. The number of nitrogens with zero attached hydrogens (tertiary/aromatic N) is 1. The normalized spacial score (nSPS) is 13.9. The molecule has 0 saturated carbocycles. The predicted octanol–water partition coefficient (Wildman–Crippen LogP) is 5.60. The molecule has 0 aliphatic heterocycles. The smallest absolute Gasteiger partial charge is 0.408 e. The maximum Gasteiger partial charge on any atom is 0.408 e. The summed E-state index contributed by atoms with van der Waals surface area (Å²) in [6.07, 6.45) is 3.11. The van der Waals surface area contributed by atoms with Crippen molar-refractivity contribution >= 4 is 17.9 Å². The summed E-state index contributed by atoms with van der Waals surface area (Å²) in [6, 6.07) is 4.04. The summed E-state index contributed by atoms with van der Waals surface area (Å²) in [4.78, 5) is 41.7. The summed E-state index contributed by atoms with van der Waals surface area (Å²) in [5, 5.41) is 5.83. The second kappa shape index (κ2) is 14.0. The molecule has 2 N–H and O–H groups in total. The molecule has 3 atom stereocenters. The first-order chi connectivity index (χ1) is 16.7. The fraction of sp³-hybridized carbons (Fsp3) is 0.621. The van der Waals surface area contributed by atoms with Crippen molar-refractivity contribution in [2.75, 3.05) is 6.54 Å². The van der Waals surface area contributed by atoms with Crippen LogP contribution in [0.25, 0.3) is 0 Å². The number of aryl methyl sites for hydroxylation is 2. The van der Waals surface area contributed by atoms with E-state index in [9.17, 15) is 14.4 Å². The van der Waals surface area contributed by atoms with Crippen LogP contribution in [0, 0.1) is 19.8 Å². The molecular weight excluding hydrogens is 454 g/mol. The van der Waals surface area contributed by atoms with E-state index in [0.717, 1.165) is 29.5 Å². The van der Waals surface area contributed by atoms with E-state index >= 15 is 0 Å². The van der Waals surface area contributed by atoms with Gasteiger partial charge in [-0.15, -0.1) is 6.58 Å². The summed E-state index contributed by atoms with van der Waals surface area (Å²) in [5.41, 5.74) is 2.15. The van der Waals surface area contributed by atoms with E-state index in [4.69, 9.17) is 4.74 Å². The average molecular weight is 502 g/mol. The number of benzene rings is 1. The zero-order valence-electron chi connectivity index (χ0n) is 23.7. The lowest BCUT2D eigenvalue weighted by atomic mass is 9.96. The van der Waals surface area contributed by atoms with E-state index in [0.29, 0.717) is 6.42 Å². The molecule has 3 amide bonds. The minimum Gasteiger partial charge on any atom is -0.444 e. The van der Waals surface area contributed by atoms with Crippen LogP contribution in [-0.2, 0) is 14.3 Å². The standard InChI is InChI=1S/C29H47N3O4/c1-11-13-22(7)30-26(33)25(23-15-14-20(5)21(6)18-23)32(16-12-2)27(34)24(17-19(3)4)31-28(35)36-29(8,9)10/h12,14-15,18-19,22,24-25H,2,11,13,16-17H2,1,3-10H3,(H,30,33)(H,31,35). The molecule has 0 aliphatic rings. The maximum absolute atomic E-state index is 14.0. The Labute approximate surface area is 218 Å². The van der Waals surface area contributed by atoms with Gasteiger partial charge >= 0.3 is 6.09 Å². The Balaban J connectivity index is 3.49. The molecule has 0 spiro atoms. The third-order valence-electron chi connectivity index (χ3n) is 5.82. The van der Waals surface area contributed by atoms with Gasteiger partial charge in [-0.25, -0.2) is 4.79 Å². The van der Waals surface area contributed by atoms with Gasteiger partial charge in [0.15, 0.2) is 0 Å². The van der Waals surface area contributed by atoms with Gasteiger partial charge in [-0.1, -0.05) is 51.5 Å². The molecule has 3 unspecified atom stereocenters. The Bertz CT molecular complexity index is 904. The van der Waals surface area contributed by atoms with Crippen LogP contribution in [0.1, 0.15) is 90.5 Å². The number of hydrogen-bond acceptors (Lipinski definition) is 4. The molecule has 0 heterocycles. The van der Waals surface area contributed by atoms with Gasteiger partial charge in [0.2, 0.25) is 11.8 Å². The molecule has 1 aromatic carbocycles. The predicted molar refractivity (Wildman–Crippen MR) is 146 cm³/mol. The highest BCUT2D eigenvalue weighted by Crippen LogP contribution is 2.26. The third kappa shape index (κ3) is 10.0. The van der Waals surface area contributed by atoms with E-state index in [-0.39, 0.29) is 30.3 Å². The Morgan fingerprint density at radius 1 is 1.08 bits per heavy atom. The van der Waals surface area contributed by atoms with Crippen LogP contribution in [0.4, 0.5) is 4.79 Å². The summed E-state index contributed by atoms with van der Waals surface area (Å²) < 4.78 is 5.42. The van der Waals surface area contributed by atoms with Crippen LogP contribution >= 0.6 is 0 Å². The molecule has 1 rings (SSSR count). The van der Waals surface area contributed by atoms with Crippen molar-refractivity contribution in [1.82, 2.24) is 15.5 Å². The van der Waals surface area contributed by atoms with Crippen LogP contribution in [0.2, 0.25) is 0 Å². The topological polar surface area (TPSA) is 87.7 Å². The number of carbonyl (C=O) groups excluding carboxylic acids is 3. The van der Waals surface area contributed by atoms with Gasteiger partial charge in [-0.2, -0.15) is 0 Å². The molecule has 7 nitrogen and oxygen atoms in total. The molecule has 0 saturated heterocycles. The van der Waals surface area contributed by atoms with Crippen molar-refractivity contribution in [3.05, 3.63) is 47.5 Å². The molecule has 0 bridgehead atoms. The molecule has 0 aliphatic carbocycles. The number of carbonyl (C=O) groups is 3. The van der Waals surface area contributed by atoms with E-state index < -0.39 is 23.8 Å². The summed E-state index contributed by atoms with van der Waals surface area (Å²) in [7, 11) is 0. The Morgan fingerprint density at radius 2 is 1.72 bits per heavy atom. The van der Waals surface area contributed by atoms with Crippen molar-refractivity contribution in [2.45, 2.75) is 105 Å². The average Bonchev–Trinajstić information content (AvgIpc) is 2.73. The van der Waals surface area contributed by atoms with Gasteiger partial charge in [-0.05, 0) is 77.0 Å². The van der Waals surface area contributed by atoms with Gasteiger partial charge in [-0.3, -0.25) is 9.59 Å². The van der Waals surface area contributed by atoms with Crippen molar-refractivity contribution in [3.8, 4) is 0 Å².